The Morgan fingerprint density at radius 1 is 1.11 bits per heavy atom. The van der Waals surface area contributed by atoms with Crippen molar-refractivity contribution in [3.63, 3.8) is 0 Å². The van der Waals surface area contributed by atoms with Gasteiger partial charge in [0.15, 0.2) is 0 Å². The number of halogens is 2. The van der Waals surface area contributed by atoms with Gasteiger partial charge in [-0.15, -0.1) is 11.3 Å². The Morgan fingerprint density at radius 2 is 1.81 bits per heavy atom. The van der Waals surface area contributed by atoms with Crippen LogP contribution in [0.2, 0.25) is 10.0 Å². The van der Waals surface area contributed by atoms with E-state index in [0.717, 1.165) is 10.1 Å². The third-order valence-corrected chi connectivity index (χ3v) is 5.46. The SMILES string of the molecule is CCOC(=O)c1c(NC(=O)/C=C/c2c(Cl)cccc2Cl)sc2ccccc12. The van der Waals surface area contributed by atoms with Gasteiger partial charge >= 0.3 is 5.97 Å². The Balaban J connectivity index is 1.90. The average Bonchev–Trinajstić information content (AvgIpc) is 2.99. The number of rotatable bonds is 5. The molecular weight excluding hydrogens is 405 g/mol. The van der Waals surface area contributed by atoms with Gasteiger partial charge in [0.1, 0.15) is 10.6 Å². The summed E-state index contributed by atoms with van der Waals surface area (Å²) in [4.78, 5) is 24.8. The predicted octanol–water partition coefficient (Wildman–Crippen LogP) is 6.04. The van der Waals surface area contributed by atoms with E-state index in [-0.39, 0.29) is 6.61 Å². The molecule has 27 heavy (non-hydrogen) atoms. The van der Waals surface area contributed by atoms with Gasteiger partial charge in [-0.3, -0.25) is 4.79 Å². The molecule has 0 aliphatic heterocycles. The minimum Gasteiger partial charge on any atom is -0.462 e. The Kier molecular flexibility index (Phi) is 6.16. The van der Waals surface area contributed by atoms with E-state index in [1.54, 1.807) is 25.1 Å². The molecule has 1 aromatic heterocycles. The van der Waals surface area contributed by atoms with Crippen molar-refractivity contribution in [2.24, 2.45) is 0 Å². The number of carbonyl (C=O) groups excluding carboxylic acids is 2. The molecule has 7 heteroatoms. The molecule has 0 radical (unpaired) electrons. The third-order valence-electron chi connectivity index (χ3n) is 3.71. The standard InChI is InChI=1S/C20H15Cl2NO3S/c1-2-26-20(25)18-13-6-3-4-9-16(13)27-19(18)23-17(24)11-10-12-14(21)7-5-8-15(12)22/h3-11H,2H2,1H3,(H,23,24)/b11-10+. The van der Waals surface area contributed by atoms with Crippen molar-refractivity contribution < 1.29 is 14.3 Å². The monoisotopic (exact) mass is 419 g/mol. The summed E-state index contributed by atoms with van der Waals surface area (Å²) in [6.45, 7) is 1.99. The molecular formula is C20H15Cl2NO3S. The maximum Gasteiger partial charge on any atom is 0.341 e. The first-order valence-electron chi connectivity index (χ1n) is 8.13. The highest BCUT2D eigenvalue weighted by molar-refractivity contribution is 7.23. The number of thiophene rings is 1. The summed E-state index contributed by atoms with van der Waals surface area (Å²) in [6, 6.07) is 12.5. The Morgan fingerprint density at radius 3 is 2.52 bits per heavy atom. The summed E-state index contributed by atoms with van der Waals surface area (Å²) < 4.78 is 6.02. The maximum absolute atomic E-state index is 12.4. The fourth-order valence-electron chi connectivity index (χ4n) is 2.52. The zero-order valence-corrected chi connectivity index (χ0v) is 16.6. The molecule has 0 aliphatic rings. The fraction of sp³-hybridized carbons (Fsp3) is 0.100. The van der Waals surface area contributed by atoms with Gasteiger partial charge < -0.3 is 10.1 Å². The lowest BCUT2D eigenvalue weighted by Crippen LogP contribution is -2.12. The van der Waals surface area contributed by atoms with Crippen LogP contribution in [-0.4, -0.2) is 18.5 Å². The van der Waals surface area contributed by atoms with Crippen LogP contribution in [-0.2, 0) is 9.53 Å². The van der Waals surface area contributed by atoms with Crippen LogP contribution in [0.15, 0.2) is 48.5 Å². The highest BCUT2D eigenvalue weighted by Gasteiger charge is 2.21. The maximum atomic E-state index is 12.4. The molecule has 0 aliphatic carbocycles. The molecule has 3 aromatic rings. The molecule has 0 bridgehead atoms. The molecule has 138 valence electrons. The van der Waals surface area contributed by atoms with Gasteiger partial charge in [0.05, 0.1) is 6.61 Å². The molecule has 0 unspecified atom stereocenters. The molecule has 0 fully saturated rings. The number of ether oxygens (including phenoxy) is 1. The van der Waals surface area contributed by atoms with Crippen LogP contribution in [0, 0.1) is 0 Å². The smallest absolute Gasteiger partial charge is 0.341 e. The van der Waals surface area contributed by atoms with E-state index in [4.69, 9.17) is 27.9 Å². The second-order valence-corrected chi connectivity index (χ2v) is 7.35. The zero-order chi connectivity index (χ0) is 19.4. The predicted molar refractivity (Wildman–Crippen MR) is 112 cm³/mol. The number of benzene rings is 2. The van der Waals surface area contributed by atoms with Crippen molar-refractivity contribution in [1.29, 1.82) is 0 Å². The molecule has 0 spiro atoms. The number of hydrogen-bond donors (Lipinski definition) is 1. The van der Waals surface area contributed by atoms with E-state index in [1.165, 1.54) is 23.5 Å². The largest absolute Gasteiger partial charge is 0.462 e. The van der Waals surface area contributed by atoms with Gasteiger partial charge in [-0.25, -0.2) is 4.79 Å². The van der Waals surface area contributed by atoms with Crippen LogP contribution < -0.4 is 5.32 Å². The number of esters is 1. The molecule has 3 rings (SSSR count). The summed E-state index contributed by atoms with van der Waals surface area (Å²) in [6.07, 6.45) is 2.86. The van der Waals surface area contributed by atoms with Crippen molar-refractivity contribution in [2.75, 3.05) is 11.9 Å². The molecule has 1 N–H and O–H groups in total. The van der Waals surface area contributed by atoms with Crippen LogP contribution in [0.3, 0.4) is 0 Å². The van der Waals surface area contributed by atoms with Gasteiger partial charge in [-0.1, -0.05) is 47.5 Å². The van der Waals surface area contributed by atoms with Crippen molar-refractivity contribution in [2.45, 2.75) is 6.92 Å². The first-order valence-corrected chi connectivity index (χ1v) is 9.70. The molecule has 4 nitrogen and oxygen atoms in total. The second-order valence-electron chi connectivity index (χ2n) is 5.48. The van der Waals surface area contributed by atoms with Crippen molar-refractivity contribution in [3.05, 3.63) is 69.7 Å². The normalized spacial score (nSPS) is 11.1. The van der Waals surface area contributed by atoms with Crippen LogP contribution in [0.5, 0.6) is 0 Å². The van der Waals surface area contributed by atoms with Gasteiger partial charge in [0, 0.05) is 31.8 Å². The van der Waals surface area contributed by atoms with Crippen LogP contribution in [0.25, 0.3) is 16.2 Å². The topological polar surface area (TPSA) is 55.4 Å². The number of fused-ring (bicyclic) bond motifs is 1. The average molecular weight is 420 g/mol. The van der Waals surface area contributed by atoms with E-state index in [0.29, 0.717) is 26.2 Å². The quantitative estimate of drug-likeness (QED) is 0.405. The molecule has 0 saturated carbocycles. The Hall–Kier alpha value is -2.34. The van der Waals surface area contributed by atoms with Crippen molar-refractivity contribution in [3.8, 4) is 0 Å². The van der Waals surface area contributed by atoms with E-state index in [2.05, 4.69) is 5.32 Å². The van der Waals surface area contributed by atoms with E-state index in [9.17, 15) is 9.59 Å². The summed E-state index contributed by atoms with van der Waals surface area (Å²) in [5.74, 6) is -0.869. The third kappa shape index (κ3) is 4.33. The van der Waals surface area contributed by atoms with Crippen molar-refractivity contribution >= 4 is 67.6 Å². The fourth-order valence-corrected chi connectivity index (χ4v) is 4.14. The van der Waals surface area contributed by atoms with Crippen LogP contribution >= 0.6 is 34.5 Å². The first kappa shape index (κ1) is 19.4. The Bertz CT molecular complexity index is 1020. The lowest BCUT2D eigenvalue weighted by atomic mass is 10.1. The van der Waals surface area contributed by atoms with Crippen LogP contribution in [0.1, 0.15) is 22.8 Å². The summed E-state index contributed by atoms with van der Waals surface area (Å²) in [7, 11) is 0. The van der Waals surface area contributed by atoms with Gasteiger partial charge in [0.25, 0.3) is 0 Å². The number of carbonyl (C=O) groups is 2. The highest BCUT2D eigenvalue weighted by Crippen LogP contribution is 2.36. The summed E-state index contributed by atoms with van der Waals surface area (Å²) in [5.41, 5.74) is 0.910. The van der Waals surface area contributed by atoms with E-state index < -0.39 is 11.9 Å². The molecule has 2 aromatic carbocycles. The van der Waals surface area contributed by atoms with Gasteiger partial charge in [0.2, 0.25) is 5.91 Å². The van der Waals surface area contributed by atoms with E-state index >= 15 is 0 Å². The lowest BCUT2D eigenvalue weighted by Gasteiger charge is -2.05. The first-order chi connectivity index (χ1) is 13.0. The summed E-state index contributed by atoms with van der Waals surface area (Å²) >= 11 is 13.5. The summed E-state index contributed by atoms with van der Waals surface area (Å²) in [5, 5.41) is 4.83. The molecule has 0 atom stereocenters. The Labute approximate surface area is 170 Å². The minimum atomic E-state index is -0.469. The molecule has 1 heterocycles. The number of hydrogen-bond acceptors (Lipinski definition) is 4. The number of anilines is 1. The van der Waals surface area contributed by atoms with Gasteiger partial charge in [-0.2, -0.15) is 0 Å². The van der Waals surface area contributed by atoms with Crippen LogP contribution in [0.4, 0.5) is 5.00 Å². The molecule has 1 amide bonds. The van der Waals surface area contributed by atoms with Gasteiger partial charge in [-0.05, 0) is 31.2 Å². The van der Waals surface area contributed by atoms with E-state index in [1.807, 2.05) is 24.3 Å². The second kappa shape index (κ2) is 8.57. The molecule has 0 saturated heterocycles. The highest BCUT2D eigenvalue weighted by atomic mass is 35.5. The zero-order valence-electron chi connectivity index (χ0n) is 14.3. The minimum absolute atomic E-state index is 0.251. The number of nitrogens with one attached hydrogen (secondary N) is 1. The lowest BCUT2D eigenvalue weighted by molar-refractivity contribution is -0.111. The number of amides is 1. The van der Waals surface area contributed by atoms with Crippen molar-refractivity contribution in [1.82, 2.24) is 0 Å².